The van der Waals surface area contributed by atoms with Crippen molar-refractivity contribution in [2.75, 3.05) is 23.9 Å². The number of sulfonamides is 1. The number of alkyl halides is 3. The number of benzene rings is 2. The number of aryl methyl sites for hydroxylation is 1. The molecule has 0 aliphatic carbocycles. The van der Waals surface area contributed by atoms with Crippen molar-refractivity contribution in [2.45, 2.75) is 50.3 Å². The Bertz CT molecular complexity index is 1550. The summed E-state index contributed by atoms with van der Waals surface area (Å²) in [6, 6.07) is 10.5. The minimum Gasteiger partial charge on any atom is -0.360 e. The summed E-state index contributed by atoms with van der Waals surface area (Å²) in [5.74, 6) is -0.148. The topological polar surface area (TPSA) is 116 Å². The molecule has 1 heterocycles. The van der Waals surface area contributed by atoms with E-state index in [4.69, 9.17) is 9.26 Å². The molecule has 0 aliphatic heterocycles. The van der Waals surface area contributed by atoms with E-state index >= 15 is 0 Å². The van der Waals surface area contributed by atoms with Crippen molar-refractivity contribution < 1.29 is 43.4 Å². The lowest BCUT2D eigenvalue weighted by atomic mass is 9.97. The molecule has 15 heteroatoms. The van der Waals surface area contributed by atoms with Gasteiger partial charge in [-0.15, -0.1) is 0 Å². The molecule has 0 aliphatic rings. The van der Waals surface area contributed by atoms with Gasteiger partial charge in [-0.1, -0.05) is 55.1 Å². The first-order chi connectivity index (χ1) is 18.4. The summed E-state index contributed by atoms with van der Waals surface area (Å²) < 4.78 is 109. The maximum absolute atomic E-state index is 14.2. The quantitative estimate of drug-likeness (QED) is 0.110. The summed E-state index contributed by atoms with van der Waals surface area (Å²) in [4.78, 5) is -0.413. The molecule has 0 saturated carbocycles. The highest BCUT2D eigenvalue weighted by Gasteiger charge is 2.37. The van der Waals surface area contributed by atoms with Crippen molar-refractivity contribution in [2.24, 2.45) is 0 Å². The van der Waals surface area contributed by atoms with E-state index in [9.17, 15) is 30.0 Å². The molecule has 0 atom stereocenters. The van der Waals surface area contributed by atoms with Crippen LogP contribution in [0.5, 0.6) is 0 Å². The molecule has 0 radical (unpaired) electrons. The van der Waals surface area contributed by atoms with E-state index in [0.29, 0.717) is 5.69 Å². The fourth-order valence-electron chi connectivity index (χ4n) is 3.60. The van der Waals surface area contributed by atoms with Gasteiger partial charge in [-0.3, -0.25) is 4.18 Å². The van der Waals surface area contributed by atoms with E-state index in [-0.39, 0.29) is 23.6 Å². The molecule has 40 heavy (non-hydrogen) atoms. The van der Waals surface area contributed by atoms with Gasteiger partial charge in [0.15, 0.2) is 0 Å². The fraction of sp³-hybridized carbons (Fsp3) is 0.400. The first-order valence-corrected chi connectivity index (χ1v) is 19.0. The first-order valence-electron chi connectivity index (χ1n) is 12.1. The third kappa shape index (κ3) is 8.39. The molecular formula is C25H31F3N2O7S2Si. The Labute approximate surface area is 233 Å². The standard InChI is InChI=1S/C25H31F3N2O7S2Si/c1-18-14-24(37-29-18)30(17-35-12-13-40(3,4)5)39(33,34)23-9-7-6-8-21(23)20-11-10-19(16-36-38(2,31)32)15-22(20)25(26,27)28/h6-11,14-15H,12-13,16-17H2,1-5H3. The van der Waals surface area contributed by atoms with Crippen LogP contribution in [0.15, 0.2) is 57.9 Å². The van der Waals surface area contributed by atoms with Crippen molar-refractivity contribution >= 4 is 34.1 Å². The lowest BCUT2D eigenvalue weighted by Gasteiger charge is -2.24. The second kappa shape index (κ2) is 12.0. The SMILES string of the molecule is Cc1cc(N(COCC[Si](C)(C)C)S(=O)(=O)c2ccccc2-c2ccc(COS(C)(=O)=O)cc2C(F)(F)F)on1. The van der Waals surface area contributed by atoms with Gasteiger partial charge >= 0.3 is 6.18 Å². The monoisotopic (exact) mass is 620 g/mol. The Morgan fingerprint density at radius 1 is 1.00 bits per heavy atom. The summed E-state index contributed by atoms with van der Waals surface area (Å²) in [6.45, 7) is 7.24. The fourth-order valence-corrected chi connectivity index (χ4v) is 6.19. The second-order valence-electron chi connectivity index (χ2n) is 10.3. The molecule has 0 bridgehead atoms. The Morgan fingerprint density at radius 2 is 1.68 bits per heavy atom. The second-order valence-corrected chi connectivity index (χ2v) is 19.4. The average molecular weight is 621 g/mol. The maximum atomic E-state index is 14.2. The molecule has 220 valence electrons. The molecule has 0 amide bonds. The van der Waals surface area contributed by atoms with E-state index < -0.39 is 63.8 Å². The van der Waals surface area contributed by atoms with Crippen molar-refractivity contribution in [3.63, 3.8) is 0 Å². The Balaban J connectivity index is 2.09. The number of ether oxygens (including phenoxy) is 1. The number of hydrogen-bond donors (Lipinski definition) is 0. The van der Waals surface area contributed by atoms with Gasteiger partial charge in [0.05, 0.1) is 29.0 Å². The lowest BCUT2D eigenvalue weighted by molar-refractivity contribution is -0.137. The number of aromatic nitrogens is 1. The van der Waals surface area contributed by atoms with Crippen LogP contribution in [0.4, 0.5) is 19.1 Å². The molecule has 0 saturated heterocycles. The van der Waals surface area contributed by atoms with Gasteiger partial charge in [-0.05, 0) is 36.2 Å². The Hall–Kier alpha value is -2.72. The van der Waals surface area contributed by atoms with Crippen LogP contribution in [0.25, 0.3) is 11.1 Å². The zero-order valence-corrected chi connectivity index (χ0v) is 25.3. The van der Waals surface area contributed by atoms with E-state index in [2.05, 4.69) is 29.0 Å². The molecular weight excluding hydrogens is 589 g/mol. The molecule has 0 unspecified atom stereocenters. The van der Waals surface area contributed by atoms with E-state index in [1.165, 1.54) is 36.4 Å². The molecule has 3 aromatic rings. The average Bonchev–Trinajstić information content (AvgIpc) is 3.26. The smallest absolute Gasteiger partial charge is 0.360 e. The normalized spacial score (nSPS) is 13.0. The zero-order valence-electron chi connectivity index (χ0n) is 22.6. The number of nitrogens with zero attached hydrogens (tertiary/aromatic N) is 2. The summed E-state index contributed by atoms with van der Waals surface area (Å²) in [7, 11) is -9.91. The van der Waals surface area contributed by atoms with E-state index in [1.807, 2.05) is 0 Å². The van der Waals surface area contributed by atoms with Crippen LogP contribution in [0, 0.1) is 6.92 Å². The Kier molecular flexibility index (Phi) is 9.56. The van der Waals surface area contributed by atoms with Crippen molar-refractivity contribution in [1.82, 2.24) is 5.16 Å². The summed E-state index contributed by atoms with van der Waals surface area (Å²) >= 11 is 0. The van der Waals surface area contributed by atoms with Crippen molar-refractivity contribution in [1.29, 1.82) is 0 Å². The number of anilines is 1. The predicted octanol–water partition coefficient (Wildman–Crippen LogP) is 5.65. The van der Waals surface area contributed by atoms with Crippen LogP contribution in [-0.4, -0.2) is 49.7 Å². The number of hydrogen-bond acceptors (Lipinski definition) is 8. The van der Waals surface area contributed by atoms with Crippen molar-refractivity contribution in [3.8, 4) is 11.1 Å². The van der Waals surface area contributed by atoms with Crippen molar-refractivity contribution in [3.05, 3.63) is 65.4 Å². The number of rotatable bonds is 12. The van der Waals surface area contributed by atoms with Crippen LogP contribution < -0.4 is 4.31 Å². The lowest BCUT2D eigenvalue weighted by Crippen LogP contribution is -2.34. The minimum absolute atomic E-state index is 0.0589. The third-order valence-electron chi connectivity index (χ3n) is 5.64. The van der Waals surface area contributed by atoms with E-state index in [1.54, 1.807) is 6.92 Å². The highest BCUT2D eigenvalue weighted by atomic mass is 32.2. The van der Waals surface area contributed by atoms with Gasteiger partial charge in [-0.25, -0.2) is 12.7 Å². The molecule has 3 rings (SSSR count). The van der Waals surface area contributed by atoms with Crippen LogP contribution in [0.3, 0.4) is 0 Å². The molecule has 2 aromatic carbocycles. The summed E-state index contributed by atoms with van der Waals surface area (Å²) in [5.41, 5.74) is -1.44. The maximum Gasteiger partial charge on any atom is 0.417 e. The summed E-state index contributed by atoms with van der Waals surface area (Å²) in [6.07, 6.45) is -4.11. The molecule has 0 N–H and O–H groups in total. The highest BCUT2D eigenvalue weighted by Crippen LogP contribution is 2.41. The van der Waals surface area contributed by atoms with Gasteiger partial charge in [-0.2, -0.15) is 21.6 Å². The minimum atomic E-state index is -4.89. The summed E-state index contributed by atoms with van der Waals surface area (Å²) in [5, 5.41) is 3.75. The number of halogens is 3. The zero-order chi connectivity index (χ0) is 29.9. The first kappa shape index (κ1) is 31.8. The van der Waals surface area contributed by atoms with Crippen LogP contribution in [0.2, 0.25) is 25.7 Å². The Morgan fingerprint density at radius 3 is 2.25 bits per heavy atom. The van der Waals surface area contributed by atoms with Crippen LogP contribution >= 0.6 is 0 Å². The van der Waals surface area contributed by atoms with Gasteiger partial charge in [0.25, 0.3) is 20.1 Å². The predicted molar refractivity (Wildman–Crippen MR) is 146 cm³/mol. The van der Waals surface area contributed by atoms with Crippen LogP contribution in [0.1, 0.15) is 16.8 Å². The largest absolute Gasteiger partial charge is 0.417 e. The highest BCUT2D eigenvalue weighted by molar-refractivity contribution is 7.93. The van der Waals surface area contributed by atoms with Gasteiger partial charge in [0.2, 0.25) is 5.88 Å². The molecule has 9 nitrogen and oxygen atoms in total. The molecule has 1 aromatic heterocycles. The molecule has 0 spiro atoms. The van der Waals surface area contributed by atoms with Gasteiger partial charge < -0.3 is 9.26 Å². The van der Waals surface area contributed by atoms with Gasteiger partial charge in [0, 0.05) is 26.3 Å². The molecule has 0 fully saturated rings. The van der Waals surface area contributed by atoms with E-state index in [0.717, 1.165) is 28.7 Å². The van der Waals surface area contributed by atoms with Crippen LogP contribution in [-0.2, 0) is 41.8 Å². The van der Waals surface area contributed by atoms with Gasteiger partial charge in [0.1, 0.15) is 6.73 Å². The third-order valence-corrected chi connectivity index (χ3v) is 9.67.